The first-order valence-electron chi connectivity index (χ1n) is 38.8. The lowest BCUT2D eigenvalue weighted by atomic mass is 9.76. The van der Waals surface area contributed by atoms with Crippen LogP contribution in [-0.2, 0) is 0 Å². The monoisotopic (exact) mass is 1130 g/mol. The maximum absolute atomic E-state index is 3.31. The van der Waals surface area contributed by atoms with Gasteiger partial charge >= 0.3 is 0 Å². The van der Waals surface area contributed by atoms with Crippen LogP contribution in [0.3, 0.4) is 0 Å². The fourth-order valence-corrected chi connectivity index (χ4v) is 22.3. The van der Waals surface area contributed by atoms with Crippen LogP contribution in [0.2, 0.25) is 0 Å². The van der Waals surface area contributed by atoms with Crippen molar-refractivity contribution in [2.24, 2.45) is 35.5 Å². The van der Waals surface area contributed by atoms with E-state index in [9.17, 15) is 0 Å². The van der Waals surface area contributed by atoms with Gasteiger partial charge in [0.25, 0.3) is 0 Å². The number of hydrogen-bond donors (Lipinski definition) is 0. The predicted octanol–water partition coefficient (Wildman–Crippen LogP) is 21.2. The minimum Gasteiger partial charge on any atom is -0.294 e. The van der Waals surface area contributed by atoms with Crippen molar-refractivity contribution in [2.75, 3.05) is 0 Å². The summed E-state index contributed by atoms with van der Waals surface area (Å²) in [5.41, 5.74) is 0. The van der Waals surface area contributed by atoms with Crippen LogP contribution in [0, 0.1) is 35.5 Å². The Hall–Kier alpha value is -0.940. The lowest BCUT2D eigenvalue weighted by Crippen LogP contribution is -2.52. The highest BCUT2D eigenvalue weighted by molar-refractivity contribution is 5.05. The van der Waals surface area contributed by atoms with Gasteiger partial charge in [0.2, 0.25) is 0 Å². The van der Waals surface area contributed by atoms with E-state index in [0.717, 1.165) is 108 Å². The van der Waals surface area contributed by atoms with Gasteiger partial charge in [-0.05, 0) is 267 Å². The van der Waals surface area contributed by atoms with Gasteiger partial charge < -0.3 is 0 Å². The van der Waals surface area contributed by atoms with Crippen molar-refractivity contribution in [2.45, 2.75) is 419 Å². The zero-order valence-electron chi connectivity index (χ0n) is 53.8. The fourth-order valence-electron chi connectivity index (χ4n) is 22.3. The third kappa shape index (κ3) is 16.7. The van der Waals surface area contributed by atoms with Gasteiger partial charge in [-0.25, -0.2) is 0 Å². The average Bonchev–Trinajstić information content (AvgIpc) is 3.75. The molecule has 0 aromatic heterocycles. The summed E-state index contributed by atoms with van der Waals surface area (Å²) >= 11 is 0. The van der Waals surface area contributed by atoms with E-state index in [4.69, 9.17) is 0 Å². The van der Waals surface area contributed by atoms with Crippen molar-refractivity contribution < 1.29 is 0 Å². The molecule has 464 valence electrons. The van der Waals surface area contributed by atoms with E-state index in [2.05, 4.69) is 56.1 Å². The predicted molar refractivity (Wildman–Crippen MR) is 350 cm³/mol. The Bertz CT molecular complexity index is 1570. The SMILES string of the molecule is C(=C\C1CCC(N(C2CCC(/C=C/C3CCC(N(C4CCCCC4)C4CCCCC4)CC3)CC2)C2CCC(/C=C/C3CCC(N(C4CCCCC4)C4CCCCC4)CC3)CC2)CC1)/C1CCC(N(C2CCCCC2)C2CCCCC2)CC1. The maximum atomic E-state index is 3.31. The van der Waals surface area contributed by atoms with E-state index in [1.807, 2.05) is 0 Å². The van der Waals surface area contributed by atoms with Crippen molar-refractivity contribution in [3.63, 3.8) is 0 Å². The van der Waals surface area contributed by atoms with E-state index in [1.54, 1.807) is 0 Å². The highest BCUT2D eigenvalue weighted by Gasteiger charge is 2.42. The van der Waals surface area contributed by atoms with E-state index in [-0.39, 0.29) is 0 Å². The number of allylic oxidation sites excluding steroid dienone is 6. The normalized spacial score (nSPS) is 38.0. The summed E-state index contributed by atoms with van der Waals surface area (Å²) in [5.74, 6) is 5.01. The minimum atomic E-state index is 0.828. The van der Waals surface area contributed by atoms with Crippen LogP contribution in [0.5, 0.6) is 0 Å². The average molecular weight is 1130 g/mol. The molecular formula is C78H132N4. The van der Waals surface area contributed by atoms with Crippen LogP contribution in [0.15, 0.2) is 36.5 Å². The molecule has 0 aromatic rings. The highest BCUT2D eigenvalue weighted by Crippen LogP contribution is 2.45. The quantitative estimate of drug-likeness (QED) is 0.127. The summed E-state index contributed by atoms with van der Waals surface area (Å²) in [4.78, 5) is 12.9. The zero-order chi connectivity index (χ0) is 55.1. The third-order valence-electron chi connectivity index (χ3n) is 26.9. The molecule has 0 spiro atoms. The van der Waals surface area contributed by atoms with Gasteiger partial charge in [0, 0.05) is 72.5 Å². The summed E-state index contributed by atoms with van der Waals surface area (Å²) in [5, 5.41) is 0. The third-order valence-corrected chi connectivity index (χ3v) is 26.9. The van der Waals surface area contributed by atoms with Crippen molar-refractivity contribution >= 4 is 0 Å². The molecule has 4 nitrogen and oxygen atoms in total. The van der Waals surface area contributed by atoms with Gasteiger partial charge in [-0.2, -0.15) is 0 Å². The maximum Gasteiger partial charge on any atom is 0.0102 e. The molecule has 12 rings (SSSR count). The zero-order valence-corrected chi connectivity index (χ0v) is 53.8. The van der Waals surface area contributed by atoms with Crippen LogP contribution in [-0.4, -0.2) is 92.1 Å². The molecule has 0 aromatic carbocycles. The van der Waals surface area contributed by atoms with E-state index in [0.29, 0.717) is 0 Å². The Labute approximate surface area is 508 Å². The molecule has 12 saturated carbocycles. The smallest absolute Gasteiger partial charge is 0.0102 e. The number of rotatable bonds is 18. The second-order valence-electron chi connectivity index (χ2n) is 32.1. The van der Waals surface area contributed by atoms with Crippen LogP contribution in [0.4, 0.5) is 0 Å². The minimum absolute atomic E-state index is 0.828. The van der Waals surface area contributed by atoms with Gasteiger partial charge in [-0.15, -0.1) is 0 Å². The number of nitrogens with zero attached hydrogens (tertiary/aromatic N) is 4. The molecule has 0 amide bonds. The second kappa shape index (κ2) is 32.0. The second-order valence-corrected chi connectivity index (χ2v) is 32.1. The molecule has 12 aliphatic carbocycles. The Kier molecular flexibility index (Phi) is 23.9. The van der Waals surface area contributed by atoms with Gasteiger partial charge in [-0.3, -0.25) is 19.6 Å². The first-order chi connectivity index (χ1) is 40.6. The molecule has 0 saturated heterocycles. The van der Waals surface area contributed by atoms with E-state index < -0.39 is 0 Å². The van der Waals surface area contributed by atoms with Crippen LogP contribution in [0.1, 0.15) is 347 Å². The van der Waals surface area contributed by atoms with Crippen LogP contribution < -0.4 is 0 Å². The molecule has 0 heterocycles. The van der Waals surface area contributed by atoms with E-state index in [1.165, 1.54) is 347 Å². The Morgan fingerprint density at radius 2 is 0.232 bits per heavy atom. The van der Waals surface area contributed by atoms with Crippen LogP contribution in [0.25, 0.3) is 0 Å². The summed E-state index contributed by atoms with van der Waals surface area (Å²) < 4.78 is 0. The highest BCUT2D eigenvalue weighted by atomic mass is 15.2. The van der Waals surface area contributed by atoms with Crippen molar-refractivity contribution in [3.8, 4) is 0 Å². The van der Waals surface area contributed by atoms with Crippen LogP contribution >= 0.6 is 0 Å². The molecule has 0 N–H and O–H groups in total. The van der Waals surface area contributed by atoms with Crippen molar-refractivity contribution in [1.82, 2.24) is 19.6 Å². The van der Waals surface area contributed by atoms with E-state index >= 15 is 0 Å². The van der Waals surface area contributed by atoms with Gasteiger partial charge in [-0.1, -0.05) is 152 Å². The lowest BCUT2D eigenvalue weighted by molar-refractivity contribution is 0.0106. The molecule has 4 heteroatoms. The molecule has 0 bridgehead atoms. The van der Waals surface area contributed by atoms with Crippen molar-refractivity contribution in [1.29, 1.82) is 0 Å². The molecule has 82 heavy (non-hydrogen) atoms. The first kappa shape index (κ1) is 61.3. The van der Waals surface area contributed by atoms with Gasteiger partial charge in [0.15, 0.2) is 0 Å². The largest absolute Gasteiger partial charge is 0.294 e. The Balaban J connectivity index is 0.634. The fraction of sp³-hybridized carbons (Fsp3) is 0.923. The van der Waals surface area contributed by atoms with Gasteiger partial charge in [0.05, 0.1) is 0 Å². The molecule has 0 aliphatic heterocycles. The summed E-state index contributed by atoms with van der Waals surface area (Å²) in [6.45, 7) is 0. The molecule has 12 fully saturated rings. The first-order valence-corrected chi connectivity index (χ1v) is 38.8. The molecule has 0 radical (unpaired) electrons. The Morgan fingerprint density at radius 1 is 0.122 bits per heavy atom. The molecule has 0 atom stereocenters. The summed E-state index contributed by atoms with van der Waals surface area (Å²) in [7, 11) is 0. The standard InChI is InChI=1S/C78H132N4/c1-7-19-67(20-8-1)79(68-21-9-2-10-22-68)73-49-37-61(38-50-73)31-34-64-43-55-76(56-44-64)82(77-57-45-65(46-58-77)35-32-62-39-51-74(52-40-62)80(69-23-11-3-12-24-69)70-25-13-4-14-26-70)78-59-47-66(48-60-78)36-33-63-41-53-75(54-42-63)81(71-27-15-5-16-28-71)72-29-17-6-18-30-72/h31-36,61-78H,1-30,37-60H2/b34-31+,35-32+,36-33+. The summed E-state index contributed by atoms with van der Waals surface area (Å²) in [6.07, 6.45) is 96.5. The lowest BCUT2D eigenvalue weighted by Gasteiger charge is -2.49. The molecular weight excluding hydrogens is 993 g/mol. The van der Waals surface area contributed by atoms with Crippen molar-refractivity contribution in [3.05, 3.63) is 36.5 Å². The molecule has 12 aliphatic rings. The Morgan fingerprint density at radius 3 is 0.354 bits per heavy atom. The van der Waals surface area contributed by atoms with Gasteiger partial charge in [0.1, 0.15) is 0 Å². The topological polar surface area (TPSA) is 13.0 Å². The molecule has 0 unspecified atom stereocenters. The number of hydrogen-bond acceptors (Lipinski definition) is 4. The summed E-state index contributed by atoms with van der Waals surface area (Å²) in [6, 6.07) is 10.6.